The van der Waals surface area contributed by atoms with Crippen LogP contribution in [-0.4, -0.2) is 38.1 Å². The molecule has 3 nitrogen and oxygen atoms in total. The van der Waals surface area contributed by atoms with E-state index >= 15 is 0 Å². The molecule has 0 saturated carbocycles. The fourth-order valence-corrected chi connectivity index (χ4v) is 0.168. The zero-order valence-electron chi connectivity index (χ0n) is 8.02. The van der Waals surface area contributed by atoms with Crippen molar-refractivity contribution in [1.29, 1.82) is 5.41 Å². The highest BCUT2D eigenvalue weighted by molar-refractivity contribution is 5.35. The molecule has 0 spiro atoms. The SMILES string of the molecule is CCCN=C=N.CCN(C)C. The Labute approximate surface area is 69.6 Å². The minimum atomic E-state index is 0.740. The maximum absolute atomic E-state index is 6.29. The van der Waals surface area contributed by atoms with Gasteiger partial charge in [-0.2, -0.15) is 0 Å². The van der Waals surface area contributed by atoms with Crippen molar-refractivity contribution in [3.63, 3.8) is 0 Å². The number of aliphatic imine (C=N–C) groups is 1. The molecule has 0 aliphatic heterocycles. The summed E-state index contributed by atoms with van der Waals surface area (Å²) in [5, 5.41) is 6.29. The van der Waals surface area contributed by atoms with Crippen LogP contribution >= 0.6 is 0 Å². The average Bonchev–Trinajstić information content (AvgIpc) is 2.02. The molecule has 0 amide bonds. The summed E-state index contributed by atoms with van der Waals surface area (Å²) in [4.78, 5) is 5.63. The van der Waals surface area contributed by atoms with Crippen molar-refractivity contribution < 1.29 is 0 Å². The van der Waals surface area contributed by atoms with Gasteiger partial charge < -0.3 is 4.90 Å². The van der Waals surface area contributed by atoms with Crippen molar-refractivity contribution >= 4 is 6.01 Å². The Morgan fingerprint density at radius 1 is 1.36 bits per heavy atom. The predicted molar refractivity (Wildman–Crippen MR) is 49.5 cm³/mol. The van der Waals surface area contributed by atoms with Crippen LogP contribution in [0.2, 0.25) is 0 Å². The number of nitrogens with one attached hydrogen (secondary N) is 1. The molecular weight excluding hydrogens is 138 g/mol. The molecule has 0 unspecified atom stereocenters. The Morgan fingerprint density at radius 2 is 1.82 bits per heavy atom. The first-order chi connectivity index (χ1) is 5.18. The molecule has 0 rings (SSSR count). The van der Waals surface area contributed by atoms with Crippen LogP contribution in [0, 0.1) is 5.41 Å². The van der Waals surface area contributed by atoms with Crippen LogP contribution in [0.15, 0.2) is 4.99 Å². The van der Waals surface area contributed by atoms with E-state index in [0.717, 1.165) is 19.5 Å². The molecule has 0 aromatic carbocycles. The number of rotatable bonds is 3. The molecule has 3 heteroatoms. The first-order valence-corrected chi connectivity index (χ1v) is 3.91. The molecule has 1 N–H and O–H groups in total. The molecule has 0 fully saturated rings. The normalized spacial score (nSPS) is 8.09. The molecule has 0 heterocycles. The molecule has 0 aliphatic rings. The maximum Gasteiger partial charge on any atom is 0.0861 e. The molecule has 0 aromatic heterocycles. The van der Waals surface area contributed by atoms with E-state index in [4.69, 9.17) is 5.41 Å². The lowest BCUT2D eigenvalue weighted by Gasteiger charge is -2.00. The Balaban J connectivity index is 0. The van der Waals surface area contributed by atoms with Crippen LogP contribution in [0.1, 0.15) is 20.3 Å². The molecular formula is C8H19N3. The Morgan fingerprint density at radius 3 is 1.91 bits per heavy atom. The van der Waals surface area contributed by atoms with Gasteiger partial charge in [-0.3, -0.25) is 0 Å². The molecule has 0 radical (unpaired) electrons. The van der Waals surface area contributed by atoms with Gasteiger partial charge in [-0.1, -0.05) is 13.8 Å². The summed E-state index contributed by atoms with van der Waals surface area (Å²) in [5.74, 6) is 0. The molecule has 11 heavy (non-hydrogen) atoms. The van der Waals surface area contributed by atoms with Crippen LogP contribution < -0.4 is 0 Å². The highest BCUT2D eigenvalue weighted by atomic mass is 15.0. The smallest absolute Gasteiger partial charge is 0.0861 e. The van der Waals surface area contributed by atoms with Crippen molar-refractivity contribution in [2.45, 2.75) is 20.3 Å². The van der Waals surface area contributed by atoms with Gasteiger partial charge in [0, 0.05) is 6.54 Å². The van der Waals surface area contributed by atoms with Gasteiger partial charge in [0.15, 0.2) is 0 Å². The summed E-state index contributed by atoms with van der Waals surface area (Å²) >= 11 is 0. The van der Waals surface area contributed by atoms with Crippen LogP contribution in [0.5, 0.6) is 0 Å². The lowest BCUT2D eigenvalue weighted by Crippen LogP contribution is -2.08. The Kier molecular flexibility index (Phi) is 14.2. The average molecular weight is 157 g/mol. The van der Waals surface area contributed by atoms with Gasteiger partial charge in [-0.25, -0.2) is 10.4 Å². The van der Waals surface area contributed by atoms with E-state index in [2.05, 4.69) is 30.9 Å². The van der Waals surface area contributed by atoms with Crippen LogP contribution in [0.25, 0.3) is 0 Å². The predicted octanol–water partition coefficient (Wildman–Crippen LogP) is 1.72. The fraction of sp³-hybridized carbons (Fsp3) is 0.875. The van der Waals surface area contributed by atoms with E-state index in [1.165, 1.54) is 0 Å². The molecule has 0 aromatic rings. The Bertz CT molecular complexity index is 104. The highest BCUT2D eigenvalue weighted by Gasteiger charge is 1.72. The van der Waals surface area contributed by atoms with Crippen molar-refractivity contribution in [3.8, 4) is 0 Å². The molecule has 66 valence electrons. The third-order valence-electron chi connectivity index (χ3n) is 1.05. The summed E-state index contributed by atoms with van der Waals surface area (Å²) in [6.45, 7) is 6.02. The number of nitrogens with zero attached hydrogens (tertiary/aromatic N) is 2. The van der Waals surface area contributed by atoms with Crippen molar-refractivity contribution in [2.24, 2.45) is 4.99 Å². The van der Waals surface area contributed by atoms with E-state index < -0.39 is 0 Å². The second-order valence-electron chi connectivity index (χ2n) is 2.39. The molecule has 0 atom stereocenters. The van der Waals surface area contributed by atoms with E-state index in [0.29, 0.717) is 0 Å². The zero-order valence-corrected chi connectivity index (χ0v) is 8.02. The van der Waals surface area contributed by atoms with E-state index in [1.54, 1.807) is 0 Å². The molecule has 0 saturated heterocycles. The minimum absolute atomic E-state index is 0.740. The van der Waals surface area contributed by atoms with Gasteiger partial charge in [0.25, 0.3) is 0 Å². The first kappa shape index (κ1) is 13.0. The first-order valence-electron chi connectivity index (χ1n) is 3.91. The highest BCUT2D eigenvalue weighted by Crippen LogP contribution is 1.71. The van der Waals surface area contributed by atoms with E-state index in [-0.39, 0.29) is 0 Å². The van der Waals surface area contributed by atoms with Crippen LogP contribution in [0.4, 0.5) is 0 Å². The van der Waals surface area contributed by atoms with Crippen molar-refractivity contribution in [2.75, 3.05) is 27.2 Å². The molecule has 0 aliphatic carbocycles. The number of hydrogen-bond acceptors (Lipinski definition) is 3. The van der Waals surface area contributed by atoms with Gasteiger partial charge in [0.2, 0.25) is 0 Å². The van der Waals surface area contributed by atoms with E-state index in [9.17, 15) is 0 Å². The van der Waals surface area contributed by atoms with Gasteiger partial charge in [-0.15, -0.1) is 0 Å². The topological polar surface area (TPSA) is 39.5 Å². The summed E-state index contributed by atoms with van der Waals surface area (Å²) < 4.78 is 0. The number of hydrogen-bond donors (Lipinski definition) is 1. The van der Waals surface area contributed by atoms with Gasteiger partial charge in [0.1, 0.15) is 0 Å². The third-order valence-corrected chi connectivity index (χ3v) is 1.05. The van der Waals surface area contributed by atoms with Gasteiger partial charge in [0.05, 0.1) is 6.01 Å². The summed E-state index contributed by atoms with van der Waals surface area (Å²) in [5.41, 5.74) is 0. The van der Waals surface area contributed by atoms with Crippen molar-refractivity contribution in [3.05, 3.63) is 0 Å². The van der Waals surface area contributed by atoms with Crippen molar-refractivity contribution in [1.82, 2.24) is 4.90 Å². The van der Waals surface area contributed by atoms with Gasteiger partial charge in [-0.05, 0) is 27.1 Å². The summed E-state index contributed by atoms with van der Waals surface area (Å²) in [6.07, 6.45) is 1.01. The monoisotopic (exact) mass is 157 g/mol. The molecule has 0 bridgehead atoms. The summed E-state index contributed by atoms with van der Waals surface area (Å²) in [6, 6.07) is 1.94. The standard InChI is InChI=1S/C4H8N2.C4H11N/c1-2-3-6-4-5;1-4-5(2)3/h5H,2-3H2,1H3;4H2,1-3H3. The quantitative estimate of drug-likeness (QED) is 0.622. The largest absolute Gasteiger partial charge is 0.310 e. The Hall–Kier alpha value is -0.660. The second kappa shape index (κ2) is 12.1. The third kappa shape index (κ3) is 26.7. The summed E-state index contributed by atoms with van der Waals surface area (Å²) in [7, 11) is 4.11. The van der Waals surface area contributed by atoms with Gasteiger partial charge >= 0.3 is 0 Å². The zero-order chi connectivity index (χ0) is 9.11. The fourth-order valence-electron chi connectivity index (χ4n) is 0.168. The van der Waals surface area contributed by atoms with Crippen LogP contribution in [-0.2, 0) is 0 Å². The van der Waals surface area contributed by atoms with E-state index in [1.807, 2.05) is 12.9 Å². The second-order valence-corrected chi connectivity index (χ2v) is 2.39. The lowest BCUT2D eigenvalue weighted by atomic mass is 10.5. The maximum atomic E-state index is 6.29. The lowest BCUT2D eigenvalue weighted by molar-refractivity contribution is 0.434. The minimum Gasteiger partial charge on any atom is -0.310 e. The van der Waals surface area contributed by atoms with Crippen LogP contribution in [0.3, 0.4) is 0 Å².